The number of benzene rings is 4. The Labute approximate surface area is 289 Å². The molecule has 0 saturated heterocycles. The van der Waals surface area contributed by atoms with E-state index in [4.69, 9.17) is 16.9 Å². The number of nitrogens with one attached hydrogen (secondary N) is 4. The van der Waals surface area contributed by atoms with Crippen LogP contribution in [0.25, 0.3) is 0 Å². The lowest BCUT2D eigenvalue weighted by atomic mass is 9.86. The number of hydrogen-bond acceptors (Lipinski definition) is 6. The lowest BCUT2D eigenvalue weighted by Gasteiger charge is -2.24. The Morgan fingerprint density at radius 3 is 1.94 bits per heavy atom. The Kier molecular flexibility index (Phi) is 12.5. The summed E-state index contributed by atoms with van der Waals surface area (Å²) in [5.41, 5.74) is 16.8. The number of nitrogens with two attached hydrogens (primary N) is 2. The van der Waals surface area contributed by atoms with Crippen molar-refractivity contribution in [2.45, 2.75) is 70.0 Å². The van der Waals surface area contributed by atoms with Crippen molar-refractivity contribution in [1.29, 1.82) is 5.41 Å². The van der Waals surface area contributed by atoms with Gasteiger partial charge in [-0.25, -0.2) is 13.1 Å². The molecule has 4 rings (SSSR count). The number of rotatable bonds is 15. The Morgan fingerprint density at radius 1 is 0.735 bits per heavy atom. The van der Waals surface area contributed by atoms with Gasteiger partial charge in [-0.2, -0.15) is 0 Å². The van der Waals surface area contributed by atoms with Crippen molar-refractivity contribution in [3.05, 3.63) is 142 Å². The third kappa shape index (κ3) is 11.4. The predicted octanol–water partition coefficient (Wildman–Crippen LogP) is 3.80. The summed E-state index contributed by atoms with van der Waals surface area (Å²) in [6, 6.07) is 28.6. The molecule has 0 aromatic heterocycles. The number of carbonyl (C=O) groups is 2. The summed E-state index contributed by atoms with van der Waals surface area (Å²) < 4.78 is 29.4. The van der Waals surface area contributed by atoms with Crippen LogP contribution in [0.3, 0.4) is 0 Å². The fraction of sp³-hybridized carbons (Fsp3) is 0.289. The van der Waals surface area contributed by atoms with Crippen molar-refractivity contribution in [3.8, 4) is 0 Å². The molecule has 0 aliphatic heterocycles. The summed E-state index contributed by atoms with van der Waals surface area (Å²) in [4.78, 5) is 27.7. The number of amides is 2. The molecule has 0 aliphatic carbocycles. The van der Waals surface area contributed by atoms with Gasteiger partial charge in [-0.1, -0.05) is 124 Å². The van der Waals surface area contributed by atoms with Gasteiger partial charge in [0.15, 0.2) is 0 Å². The summed E-state index contributed by atoms with van der Waals surface area (Å²) in [7, 11) is -3.96. The van der Waals surface area contributed by atoms with E-state index in [2.05, 4.69) is 36.1 Å². The number of nitrogen functional groups attached to an aromatic ring is 1. The average molecular weight is 683 g/mol. The average Bonchev–Trinajstić information content (AvgIpc) is 3.06. The van der Waals surface area contributed by atoms with Gasteiger partial charge < -0.3 is 22.1 Å². The van der Waals surface area contributed by atoms with Crippen molar-refractivity contribution < 1.29 is 18.0 Å². The highest BCUT2D eigenvalue weighted by Crippen LogP contribution is 2.23. The minimum atomic E-state index is -3.96. The zero-order chi connectivity index (χ0) is 35.6. The Balaban J connectivity index is 1.59. The fourth-order valence-corrected chi connectivity index (χ4v) is 6.67. The molecule has 2 unspecified atom stereocenters. The molecule has 49 heavy (non-hydrogen) atoms. The lowest BCUT2D eigenvalue weighted by Crippen LogP contribution is -2.55. The maximum atomic E-state index is 14.0. The van der Waals surface area contributed by atoms with Crippen LogP contribution in [0, 0.1) is 5.41 Å². The van der Waals surface area contributed by atoms with Gasteiger partial charge in [-0.05, 0) is 45.2 Å². The van der Waals surface area contributed by atoms with Gasteiger partial charge in [0.2, 0.25) is 21.8 Å². The van der Waals surface area contributed by atoms with E-state index >= 15 is 0 Å². The number of sulfonamides is 1. The summed E-state index contributed by atoms with van der Waals surface area (Å²) in [5.74, 6) is -1.43. The second-order valence-electron chi connectivity index (χ2n) is 13.2. The molecule has 258 valence electrons. The van der Waals surface area contributed by atoms with E-state index < -0.39 is 33.9 Å². The van der Waals surface area contributed by atoms with Crippen LogP contribution in [0.1, 0.15) is 59.7 Å². The fourth-order valence-electron chi connectivity index (χ4n) is 5.33. The first-order valence-corrected chi connectivity index (χ1v) is 17.8. The predicted molar refractivity (Wildman–Crippen MR) is 194 cm³/mol. The van der Waals surface area contributed by atoms with Crippen molar-refractivity contribution in [1.82, 2.24) is 15.4 Å². The molecule has 0 radical (unpaired) electrons. The minimum Gasteiger partial charge on any atom is -0.384 e. The molecule has 4 aromatic carbocycles. The first-order chi connectivity index (χ1) is 23.2. The van der Waals surface area contributed by atoms with Gasteiger partial charge in [0.25, 0.3) is 0 Å². The maximum absolute atomic E-state index is 14.0. The zero-order valence-electron chi connectivity index (χ0n) is 28.2. The van der Waals surface area contributed by atoms with E-state index in [9.17, 15) is 18.0 Å². The molecule has 2 atom stereocenters. The molecule has 2 amide bonds. The largest absolute Gasteiger partial charge is 0.384 e. The van der Waals surface area contributed by atoms with Crippen LogP contribution in [0.5, 0.6) is 0 Å². The number of amidine groups is 1. The van der Waals surface area contributed by atoms with Gasteiger partial charge >= 0.3 is 0 Å². The number of carbonyl (C=O) groups excluding carboxylic acids is 2. The standard InChI is InChI=1S/C38H46N6O4S/c1-38(2,3)32-18-14-26(15-19-32)21-34(44-49(47,48)25-28-8-5-4-6-9-28)37(46)43-33(22-29-10-7-11-30(20-29)23-39)36(45)42-24-27-12-16-31(17-13-27)35(40)41/h4-20,33-34,44H,21-25,39H2,1-3H3,(H3,40,41)(H,42,45)(H,43,46). The Morgan fingerprint density at radius 2 is 1.33 bits per heavy atom. The Hall–Kier alpha value is -4.84. The summed E-state index contributed by atoms with van der Waals surface area (Å²) in [6.45, 7) is 6.79. The van der Waals surface area contributed by atoms with Gasteiger partial charge in [0, 0.05) is 25.1 Å². The molecule has 0 spiro atoms. The molecule has 0 aliphatic rings. The molecular formula is C38H46N6O4S. The van der Waals surface area contributed by atoms with Crippen LogP contribution in [-0.2, 0) is 56.7 Å². The molecular weight excluding hydrogens is 637 g/mol. The van der Waals surface area contributed by atoms with Gasteiger partial charge in [0.05, 0.1) is 5.75 Å². The van der Waals surface area contributed by atoms with E-state index in [1.54, 1.807) is 54.6 Å². The summed E-state index contributed by atoms with van der Waals surface area (Å²) in [6.07, 6.45) is 0.224. The monoisotopic (exact) mass is 682 g/mol. The molecule has 0 fully saturated rings. The van der Waals surface area contributed by atoms with Crippen LogP contribution in [0.2, 0.25) is 0 Å². The highest BCUT2D eigenvalue weighted by molar-refractivity contribution is 7.88. The molecule has 0 heterocycles. The van der Waals surface area contributed by atoms with Crippen LogP contribution in [0.4, 0.5) is 0 Å². The van der Waals surface area contributed by atoms with Crippen LogP contribution < -0.4 is 26.8 Å². The molecule has 0 bridgehead atoms. The van der Waals surface area contributed by atoms with Gasteiger partial charge in [-0.3, -0.25) is 15.0 Å². The first kappa shape index (κ1) is 37.0. The molecule has 10 nitrogen and oxygen atoms in total. The highest BCUT2D eigenvalue weighted by Gasteiger charge is 2.30. The second kappa shape index (κ2) is 16.5. The zero-order valence-corrected chi connectivity index (χ0v) is 29.0. The van der Waals surface area contributed by atoms with E-state index in [1.807, 2.05) is 48.5 Å². The quantitative estimate of drug-likeness (QED) is 0.0820. The van der Waals surface area contributed by atoms with Crippen LogP contribution in [-0.4, -0.2) is 38.2 Å². The van der Waals surface area contributed by atoms with Crippen molar-refractivity contribution >= 4 is 27.7 Å². The number of hydrogen-bond donors (Lipinski definition) is 6. The van der Waals surface area contributed by atoms with Gasteiger partial charge in [-0.15, -0.1) is 0 Å². The topological polar surface area (TPSA) is 180 Å². The molecule has 11 heteroatoms. The third-order valence-electron chi connectivity index (χ3n) is 8.13. The van der Waals surface area contributed by atoms with Crippen LogP contribution in [0.15, 0.2) is 103 Å². The second-order valence-corrected chi connectivity index (χ2v) is 14.9. The molecule has 4 aromatic rings. The van der Waals surface area contributed by atoms with E-state index in [0.717, 1.165) is 27.8 Å². The normalized spacial score (nSPS) is 12.9. The van der Waals surface area contributed by atoms with E-state index in [0.29, 0.717) is 17.7 Å². The molecule has 8 N–H and O–H groups in total. The third-order valence-corrected chi connectivity index (χ3v) is 9.49. The van der Waals surface area contributed by atoms with Crippen molar-refractivity contribution in [2.75, 3.05) is 0 Å². The minimum absolute atomic E-state index is 0.0582. The summed E-state index contributed by atoms with van der Waals surface area (Å²) in [5, 5.41) is 13.3. The highest BCUT2D eigenvalue weighted by atomic mass is 32.2. The van der Waals surface area contributed by atoms with Gasteiger partial charge in [0.1, 0.15) is 17.9 Å². The molecule has 0 saturated carbocycles. The van der Waals surface area contributed by atoms with E-state index in [1.165, 1.54) is 0 Å². The maximum Gasteiger partial charge on any atom is 0.243 e. The van der Waals surface area contributed by atoms with Crippen molar-refractivity contribution in [3.63, 3.8) is 0 Å². The Bertz CT molecular complexity index is 1840. The smallest absolute Gasteiger partial charge is 0.243 e. The van der Waals surface area contributed by atoms with E-state index in [-0.39, 0.29) is 36.4 Å². The van der Waals surface area contributed by atoms with Crippen molar-refractivity contribution in [2.24, 2.45) is 11.5 Å². The SMILES string of the molecule is CC(C)(C)c1ccc(CC(NS(=O)(=O)Cc2ccccc2)C(=O)NC(Cc2cccc(CN)c2)C(=O)NCc2ccc(C(=N)N)cc2)cc1. The lowest BCUT2D eigenvalue weighted by molar-refractivity contribution is -0.129. The first-order valence-electron chi connectivity index (χ1n) is 16.1. The van der Waals surface area contributed by atoms with Crippen LogP contribution >= 0.6 is 0 Å². The summed E-state index contributed by atoms with van der Waals surface area (Å²) >= 11 is 0.